The van der Waals surface area contributed by atoms with Crippen molar-refractivity contribution in [1.82, 2.24) is 19.4 Å². The van der Waals surface area contributed by atoms with Crippen LogP contribution in [0.5, 0.6) is 0 Å². The van der Waals surface area contributed by atoms with Gasteiger partial charge in [0.2, 0.25) is 11.9 Å². The Morgan fingerprint density at radius 3 is 2.78 bits per heavy atom. The van der Waals surface area contributed by atoms with E-state index < -0.39 is 0 Å². The predicted molar refractivity (Wildman–Crippen MR) is 147 cm³/mol. The summed E-state index contributed by atoms with van der Waals surface area (Å²) in [5.41, 5.74) is 4.08. The molecule has 7 nitrogen and oxygen atoms in total. The molecule has 4 heterocycles. The topological polar surface area (TPSA) is 80.1 Å². The van der Waals surface area contributed by atoms with Crippen LogP contribution in [0.25, 0.3) is 21.5 Å². The normalized spacial score (nSPS) is 20.8. The second kappa shape index (κ2) is 9.27. The number of hydrogen-bond donors (Lipinski definition) is 1. The third-order valence-electron chi connectivity index (χ3n) is 7.75. The first-order chi connectivity index (χ1) is 18.0. The number of fused-ring (bicyclic) bond motifs is 1. The largest absolute Gasteiger partial charge is 0.339 e. The zero-order valence-electron chi connectivity index (χ0n) is 20.8. The highest BCUT2D eigenvalue weighted by atomic mass is 32.1. The molecule has 1 aliphatic carbocycles. The van der Waals surface area contributed by atoms with Crippen LogP contribution < -0.4 is 5.32 Å². The average molecular weight is 512 g/mol. The van der Waals surface area contributed by atoms with E-state index in [1.165, 1.54) is 17.4 Å². The first-order valence-corrected chi connectivity index (χ1v) is 13.5. The molecule has 37 heavy (non-hydrogen) atoms. The number of carbonyl (C=O) groups excluding carboxylic acids is 2. The van der Waals surface area contributed by atoms with Gasteiger partial charge >= 0.3 is 0 Å². The monoisotopic (exact) mass is 511 g/mol. The Hall–Kier alpha value is -3.78. The van der Waals surface area contributed by atoms with Gasteiger partial charge in [0.15, 0.2) is 0 Å². The number of benzene rings is 1. The summed E-state index contributed by atoms with van der Waals surface area (Å²) >= 11 is 1.45. The number of para-hydroxylation sites is 2. The van der Waals surface area contributed by atoms with Gasteiger partial charge in [0, 0.05) is 41.5 Å². The molecule has 0 bridgehead atoms. The lowest BCUT2D eigenvalue weighted by Crippen LogP contribution is -2.42. The van der Waals surface area contributed by atoms with E-state index in [-0.39, 0.29) is 23.3 Å². The Balaban J connectivity index is 1.22. The van der Waals surface area contributed by atoms with Gasteiger partial charge in [0.1, 0.15) is 0 Å². The fraction of sp³-hybridized carbons (Fsp3) is 0.310. The zero-order chi connectivity index (χ0) is 25.6. The van der Waals surface area contributed by atoms with E-state index in [1.807, 2.05) is 47.5 Å². The number of amides is 2. The Morgan fingerprint density at radius 1 is 1.19 bits per heavy atom. The van der Waals surface area contributed by atoms with Crippen molar-refractivity contribution in [2.24, 2.45) is 5.41 Å². The molecule has 2 amide bonds. The lowest BCUT2D eigenvalue weighted by atomic mass is 9.65. The molecule has 1 saturated heterocycles. The number of likely N-dealkylation sites (tertiary alicyclic amines) is 1. The maximum absolute atomic E-state index is 13.3. The number of rotatable bonds is 6. The summed E-state index contributed by atoms with van der Waals surface area (Å²) < 4.78 is 2.18. The van der Waals surface area contributed by atoms with Crippen molar-refractivity contribution in [3.8, 4) is 10.4 Å². The highest BCUT2D eigenvalue weighted by molar-refractivity contribution is 7.17. The summed E-state index contributed by atoms with van der Waals surface area (Å²) in [4.78, 5) is 38.2. The van der Waals surface area contributed by atoms with Crippen LogP contribution in [-0.4, -0.2) is 44.3 Å². The van der Waals surface area contributed by atoms with Gasteiger partial charge < -0.3 is 9.47 Å². The third kappa shape index (κ3) is 4.25. The number of carbonyl (C=O) groups is 2. The van der Waals surface area contributed by atoms with Crippen molar-refractivity contribution >= 4 is 40.1 Å². The second-order valence-corrected chi connectivity index (χ2v) is 11.2. The molecule has 2 fully saturated rings. The van der Waals surface area contributed by atoms with Gasteiger partial charge in [-0.3, -0.25) is 19.9 Å². The number of aromatic nitrogens is 3. The molecule has 1 saturated carbocycles. The highest BCUT2D eigenvalue weighted by Gasteiger charge is 2.50. The SMILES string of the molecule is C=CC(=O)N1CCC2(CC(n3c(NC(=O)c4ccc(-c5ccc(CC)nc5)s4)nc4ccccc43)C2)C1. The lowest BCUT2D eigenvalue weighted by molar-refractivity contribution is -0.125. The van der Waals surface area contributed by atoms with Crippen LogP contribution in [0, 0.1) is 5.41 Å². The van der Waals surface area contributed by atoms with Crippen LogP contribution >= 0.6 is 11.3 Å². The Kier molecular flexibility index (Phi) is 5.91. The van der Waals surface area contributed by atoms with Gasteiger partial charge in [-0.15, -0.1) is 11.3 Å². The van der Waals surface area contributed by atoms with Crippen LogP contribution in [0.2, 0.25) is 0 Å². The molecule has 1 aromatic carbocycles. The van der Waals surface area contributed by atoms with Crippen molar-refractivity contribution in [1.29, 1.82) is 0 Å². The Labute approximate surface area is 219 Å². The van der Waals surface area contributed by atoms with E-state index >= 15 is 0 Å². The molecule has 1 N–H and O–H groups in total. The van der Waals surface area contributed by atoms with Crippen LogP contribution in [0.1, 0.15) is 47.6 Å². The van der Waals surface area contributed by atoms with Crippen LogP contribution in [0.15, 0.2) is 67.4 Å². The molecule has 3 aromatic heterocycles. The van der Waals surface area contributed by atoms with Gasteiger partial charge in [-0.1, -0.05) is 31.7 Å². The minimum Gasteiger partial charge on any atom is -0.339 e. The molecule has 1 aliphatic heterocycles. The molecule has 0 radical (unpaired) electrons. The summed E-state index contributed by atoms with van der Waals surface area (Å²) in [6.07, 6.45) is 7.09. The maximum Gasteiger partial charge on any atom is 0.268 e. The van der Waals surface area contributed by atoms with Crippen LogP contribution in [-0.2, 0) is 11.2 Å². The van der Waals surface area contributed by atoms with Gasteiger partial charge in [-0.2, -0.15) is 0 Å². The fourth-order valence-electron chi connectivity index (χ4n) is 5.77. The van der Waals surface area contributed by atoms with E-state index in [0.29, 0.717) is 10.8 Å². The van der Waals surface area contributed by atoms with Gasteiger partial charge in [-0.05, 0) is 67.5 Å². The Bertz CT molecular complexity index is 1500. The summed E-state index contributed by atoms with van der Waals surface area (Å²) in [5.74, 6) is 0.421. The van der Waals surface area contributed by atoms with E-state index in [0.717, 1.165) is 65.9 Å². The van der Waals surface area contributed by atoms with Crippen molar-refractivity contribution < 1.29 is 9.59 Å². The molecular weight excluding hydrogens is 482 g/mol. The van der Waals surface area contributed by atoms with Crippen LogP contribution in [0.3, 0.4) is 0 Å². The summed E-state index contributed by atoms with van der Waals surface area (Å²) in [6, 6.07) is 16.1. The molecule has 188 valence electrons. The quantitative estimate of drug-likeness (QED) is 0.336. The third-order valence-corrected chi connectivity index (χ3v) is 8.88. The number of hydrogen-bond acceptors (Lipinski definition) is 5. The lowest BCUT2D eigenvalue weighted by Gasteiger charge is -2.46. The van der Waals surface area contributed by atoms with Crippen molar-refractivity contribution in [3.63, 3.8) is 0 Å². The molecule has 6 rings (SSSR count). The van der Waals surface area contributed by atoms with Crippen molar-refractivity contribution in [2.75, 3.05) is 18.4 Å². The summed E-state index contributed by atoms with van der Waals surface area (Å²) in [6.45, 7) is 7.27. The number of pyridine rings is 1. The average Bonchev–Trinajstić information content (AvgIpc) is 3.64. The predicted octanol–water partition coefficient (Wildman–Crippen LogP) is 5.71. The minimum atomic E-state index is -0.163. The molecule has 0 unspecified atom stereocenters. The minimum absolute atomic E-state index is 0.00811. The first-order valence-electron chi connectivity index (χ1n) is 12.7. The first kappa shape index (κ1) is 23.6. The highest BCUT2D eigenvalue weighted by Crippen LogP contribution is 2.55. The van der Waals surface area contributed by atoms with E-state index in [9.17, 15) is 9.59 Å². The molecule has 0 atom stereocenters. The number of nitrogens with one attached hydrogen (secondary N) is 1. The number of thiophene rings is 1. The molecule has 8 heteroatoms. The van der Waals surface area contributed by atoms with E-state index in [1.54, 1.807) is 0 Å². The molecule has 4 aromatic rings. The zero-order valence-corrected chi connectivity index (χ0v) is 21.6. The van der Waals surface area contributed by atoms with Crippen molar-refractivity contribution in [3.05, 3.63) is 78.0 Å². The number of aryl methyl sites for hydroxylation is 1. The van der Waals surface area contributed by atoms with Gasteiger partial charge in [0.25, 0.3) is 5.91 Å². The summed E-state index contributed by atoms with van der Waals surface area (Å²) in [5, 5.41) is 3.09. The standard InChI is InChI=1S/C29H29N5O2S/c1-3-20-10-9-19(17-30-20)24-11-12-25(37-24)27(36)32-28-31-22-7-5-6-8-23(22)34(28)21-15-29(16-21)13-14-33(18-29)26(35)4-2/h4-12,17,21H,2-3,13-16,18H2,1H3,(H,31,32,36). The van der Waals surface area contributed by atoms with Crippen LogP contribution in [0.4, 0.5) is 5.95 Å². The summed E-state index contributed by atoms with van der Waals surface area (Å²) in [7, 11) is 0. The van der Waals surface area contributed by atoms with E-state index in [4.69, 9.17) is 4.98 Å². The van der Waals surface area contributed by atoms with Gasteiger partial charge in [0.05, 0.1) is 15.9 Å². The number of nitrogens with zero attached hydrogens (tertiary/aromatic N) is 4. The number of anilines is 1. The molecule has 1 spiro atoms. The fourth-order valence-corrected chi connectivity index (χ4v) is 6.66. The molecular formula is C29H29N5O2S. The second-order valence-electron chi connectivity index (χ2n) is 10.1. The Morgan fingerprint density at radius 2 is 2.03 bits per heavy atom. The van der Waals surface area contributed by atoms with Crippen molar-refractivity contribution in [2.45, 2.75) is 38.6 Å². The molecule has 2 aliphatic rings. The van der Waals surface area contributed by atoms with E-state index in [2.05, 4.69) is 40.5 Å². The maximum atomic E-state index is 13.3. The van der Waals surface area contributed by atoms with Gasteiger partial charge in [-0.25, -0.2) is 4.98 Å². The number of imidazole rings is 1. The smallest absolute Gasteiger partial charge is 0.268 e.